The maximum atomic E-state index is 6.12. The Hall–Kier alpha value is -2.05. The van der Waals surface area contributed by atoms with Crippen LogP contribution in [0.15, 0.2) is 30.3 Å². The van der Waals surface area contributed by atoms with Crippen LogP contribution in [-0.4, -0.2) is 68.2 Å². The number of anilines is 3. The molecule has 1 aromatic heterocycles. The summed E-state index contributed by atoms with van der Waals surface area (Å²) >= 11 is 6.12. The zero-order valence-corrected chi connectivity index (χ0v) is 16.5. The van der Waals surface area contributed by atoms with E-state index in [-0.39, 0.29) is 0 Å². The highest BCUT2D eigenvalue weighted by molar-refractivity contribution is 6.30. The third-order valence-corrected chi connectivity index (χ3v) is 4.70. The van der Waals surface area contributed by atoms with Crippen molar-refractivity contribution >= 4 is 28.9 Å². The summed E-state index contributed by atoms with van der Waals surface area (Å²) in [4.78, 5) is 16.0. The Bertz CT molecular complexity index is 728. The lowest BCUT2D eigenvalue weighted by molar-refractivity contribution is 0.425. The molecule has 0 saturated carbocycles. The van der Waals surface area contributed by atoms with Crippen molar-refractivity contribution in [3.63, 3.8) is 0 Å². The van der Waals surface area contributed by atoms with Gasteiger partial charge >= 0.3 is 0 Å². The molecule has 1 fully saturated rings. The number of rotatable bonds is 6. The first kappa shape index (κ1) is 18.7. The van der Waals surface area contributed by atoms with Gasteiger partial charge in [-0.15, -0.1) is 0 Å². The zero-order chi connectivity index (χ0) is 18.5. The molecule has 0 aliphatic carbocycles. The van der Waals surface area contributed by atoms with Crippen LogP contribution in [-0.2, 0) is 0 Å². The van der Waals surface area contributed by atoms with E-state index in [1.165, 1.54) is 5.69 Å². The number of aromatic nitrogens is 2. The number of aryl methyl sites for hydroxylation is 1. The molecule has 1 N–H and O–H groups in total. The molecule has 1 aliphatic rings. The molecule has 0 spiro atoms. The second-order valence-corrected chi connectivity index (χ2v) is 7.28. The number of nitrogens with one attached hydrogen (secondary N) is 1. The molecule has 2 aromatic rings. The fourth-order valence-electron chi connectivity index (χ4n) is 3.08. The Kier molecular flexibility index (Phi) is 6.16. The highest BCUT2D eigenvalue weighted by Crippen LogP contribution is 2.23. The molecule has 26 heavy (non-hydrogen) atoms. The minimum Gasteiger partial charge on any atom is -0.369 e. The number of nitrogens with zero attached hydrogens (tertiary/aromatic N) is 5. The molecule has 0 radical (unpaired) electrons. The maximum absolute atomic E-state index is 6.12. The normalized spacial score (nSPS) is 14.8. The predicted molar refractivity (Wildman–Crippen MR) is 110 cm³/mol. The molecule has 0 bridgehead atoms. The maximum Gasteiger partial charge on any atom is 0.134 e. The Morgan fingerprint density at radius 2 is 1.81 bits per heavy atom. The van der Waals surface area contributed by atoms with Crippen LogP contribution in [0.4, 0.5) is 17.3 Å². The first-order chi connectivity index (χ1) is 12.5. The SMILES string of the molecule is Cc1nc(NCCN(C)C)cc(N2CCN(c3cccc(Cl)c3)CC2)n1. The quantitative estimate of drug-likeness (QED) is 0.839. The second kappa shape index (κ2) is 8.56. The molecule has 1 aliphatic heterocycles. The number of hydrogen-bond donors (Lipinski definition) is 1. The van der Waals surface area contributed by atoms with Crippen LogP contribution < -0.4 is 15.1 Å². The first-order valence-electron chi connectivity index (χ1n) is 9.01. The van der Waals surface area contributed by atoms with E-state index >= 15 is 0 Å². The van der Waals surface area contributed by atoms with Crippen LogP contribution in [0.1, 0.15) is 5.82 Å². The molecule has 7 heteroatoms. The van der Waals surface area contributed by atoms with Gasteiger partial charge in [-0.3, -0.25) is 0 Å². The van der Waals surface area contributed by atoms with Crippen molar-refractivity contribution in [1.29, 1.82) is 0 Å². The van der Waals surface area contributed by atoms with Gasteiger partial charge < -0.3 is 20.0 Å². The first-order valence-corrected chi connectivity index (χ1v) is 9.39. The van der Waals surface area contributed by atoms with Crippen molar-refractivity contribution < 1.29 is 0 Å². The molecule has 140 valence electrons. The summed E-state index contributed by atoms with van der Waals surface area (Å²) in [5.74, 6) is 2.69. The molecule has 0 amide bonds. The monoisotopic (exact) mass is 374 g/mol. The van der Waals surface area contributed by atoms with E-state index in [1.807, 2.05) is 25.1 Å². The van der Waals surface area contributed by atoms with Crippen LogP contribution in [0.25, 0.3) is 0 Å². The summed E-state index contributed by atoms with van der Waals surface area (Å²) in [5.41, 5.74) is 1.18. The minimum absolute atomic E-state index is 0.782. The Balaban J connectivity index is 1.62. The van der Waals surface area contributed by atoms with Crippen molar-refractivity contribution in [2.45, 2.75) is 6.92 Å². The summed E-state index contributed by atoms with van der Waals surface area (Å²) in [7, 11) is 4.13. The van der Waals surface area contributed by atoms with E-state index in [2.05, 4.69) is 56.2 Å². The van der Waals surface area contributed by atoms with Crippen LogP contribution >= 0.6 is 11.6 Å². The molecule has 6 nitrogen and oxygen atoms in total. The highest BCUT2D eigenvalue weighted by Gasteiger charge is 2.19. The van der Waals surface area contributed by atoms with Gasteiger partial charge in [0.1, 0.15) is 17.5 Å². The lowest BCUT2D eigenvalue weighted by atomic mass is 10.2. The van der Waals surface area contributed by atoms with Crippen LogP contribution in [0, 0.1) is 6.92 Å². The lowest BCUT2D eigenvalue weighted by Crippen LogP contribution is -2.47. The Morgan fingerprint density at radius 1 is 1.08 bits per heavy atom. The average Bonchev–Trinajstić information content (AvgIpc) is 2.61. The van der Waals surface area contributed by atoms with E-state index in [1.54, 1.807) is 0 Å². The molecule has 1 aromatic carbocycles. The van der Waals surface area contributed by atoms with Gasteiger partial charge in [-0.2, -0.15) is 0 Å². The van der Waals surface area contributed by atoms with Gasteiger partial charge in [-0.05, 0) is 39.2 Å². The van der Waals surface area contributed by atoms with E-state index in [4.69, 9.17) is 11.6 Å². The van der Waals surface area contributed by atoms with Crippen molar-refractivity contribution in [3.05, 3.63) is 41.2 Å². The molecule has 2 heterocycles. The van der Waals surface area contributed by atoms with Gasteiger partial charge in [0.15, 0.2) is 0 Å². The fourth-order valence-corrected chi connectivity index (χ4v) is 3.26. The summed E-state index contributed by atoms with van der Waals surface area (Å²) < 4.78 is 0. The van der Waals surface area contributed by atoms with Gasteiger partial charge in [-0.25, -0.2) is 9.97 Å². The van der Waals surface area contributed by atoms with Gasteiger partial charge in [0.2, 0.25) is 0 Å². The molecular weight excluding hydrogens is 348 g/mol. The van der Waals surface area contributed by atoms with E-state index in [9.17, 15) is 0 Å². The van der Waals surface area contributed by atoms with Crippen molar-refractivity contribution in [2.75, 3.05) is 68.5 Å². The predicted octanol–water partition coefficient (Wildman–Crippen LogP) is 2.74. The third kappa shape index (κ3) is 4.99. The molecule has 1 saturated heterocycles. The van der Waals surface area contributed by atoms with Crippen molar-refractivity contribution in [1.82, 2.24) is 14.9 Å². The third-order valence-electron chi connectivity index (χ3n) is 4.47. The fraction of sp³-hybridized carbons (Fsp3) is 0.474. The topological polar surface area (TPSA) is 47.5 Å². The lowest BCUT2D eigenvalue weighted by Gasteiger charge is -2.37. The smallest absolute Gasteiger partial charge is 0.134 e. The minimum atomic E-state index is 0.782. The zero-order valence-electron chi connectivity index (χ0n) is 15.7. The number of hydrogen-bond acceptors (Lipinski definition) is 6. The number of likely N-dealkylation sites (N-methyl/N-ethyl adjacent to an activating group) is 1. The molecule has 3 rings (SSSR count). The van der Waals surface area contributed by atoms with E-state index in [0.717, 1.165) is 61.8 Å². The summed E-state index contributed by atoms with van der Waals surface area (Å²) in [5, 5.41) is 4.17. The second-order valence-electron chi connectivity index (χ2n) is 6.84. The largest absolute Gasteiger partial charge is 0.369 e. The van der Waals surface area contributed by atoms with E-state index < -0.39 is 0 Å². The number of halogens is 1. The molecule has 0 atom stereocenters. The molecular formula is C19H27ClN6. The molecule has 0 unspecified atom stereocenters. The highest BCUT2D eigenvalue weighted by atomic mass is 35.5. The van der Waals surface area contributed by atoms with Crippen molar-refractivity contribution in [3.8, 4) is 0 Å². The van der Waals surface area contributed by atoms with Crippen LogP contribution in [0.5, 0.6) is 0 Å². The van der Waals surface area contributed by atoms with Crippen molar-refractivity contribution in [2.24, 2.45) is 0 Å². The average molecular weight is 375 g/mol. The Labute approximate surface area is 160 Å². The van der Waals surface area contributed by atoms with Gasteiger partial charge in [0, 0.05) is 56.0 Å². The van der Waals surface area contributed by atoms with Gasteiger partial charge in [0.25, 0.3) is 0 Å². The Morgan fingerprint density at radius 3 is 2.50 bits per heavy atom. The van der Waals surface area contributed by atoms with Crippen LogP contribution in [0.3, 0.4) is 0 Å². The van der Waals surface area contributed by atoms with E-state index in [0.29, 0.717) is 0 Å². The number of piperazine rings is 1. The van der Waals surface area contributed by atoms with Gasteiger partial charge in [-0.1, -0.05) is 17.7 Å². The van der Waals surface area contributed by atoms with Crippen LogP contribution in [0.2, 0.25) is 5.02 Å². The van der Waals surface area contributed by atoms with Gasteiger partial charge in [0.05, 0.1) is 0 Å². The number of benzene rings is 1. The summed E-state index contributed by atoms with van der Waals surface area (Å²) in [6.45, 7) is 7.55. The summed E-state index contributed by atoms with van der Waals surface area (Å²) in [6, 6.07) is 10.1. The standard InChI is InChI=1S/C19H27ClN6/c1-15-22-18(21-7-8-24(2)3)14-19(23-15)26-11-9-25(10-12-26)17-6-4-5-16(20)13-17/h4-6,13-14H,7-12H2,1-3H3,(H,21,22,23). The summed E-state index contributed by atoms with van der Waals surface area (Å²) in [6.07, 6.45) is 0.